The van der Waals surface area contributed by atoms with Crippen LogP contribution in [0.2, 0.25) is 0 Å². The quantitative estimate of drug-likeness (QED) is 0.689. The van der Waals surface area contributed by atoms with Crippen molar-refractivity contribution in [3.8, 4) is 11.1 Å². The zero-order chi connectivity index (χ0) is 21.6. The molecule has 158 valence electrons. The van der Waals surface area contributed by atoms with Gasteiger partial charge in [-0.15, -0.1) is 0 Å². The zero-order valence-corrected chi connectivity index (χ0v) is 17.0. The maximum Gasteiger partial charge on any atom is 0.253 e. The van der Waals surface area contributed by atoms with Gasteiger partial charge in [0.15, 0.2) is 0 Å². The van der Waals surface area contributed by atoms with Crippen molar-refractivity contribution in [3.63, 3.8) is 0 Å². The Morgan fingerprint density at radius 3 is 2.39 bits per heavy atom. The van der Waals surface area contributed by atoms with Crippen molar-refractivity contribution >= 4 is 11.8 Å². The molecule has 1 N–H and O–H groups in total. The Labute approximate surface area is 180 Å². The number of likely N-dealkylation sites (tertiary alicyclic amines) is 1. The number of benzene rings is 2. The van der Waals surface area contributed by atoms with Gasteiger partial charge in [-0.3, -0.25) is 9.59 Å². The number of halogens is 1. The lowest BCUT2D eigenvalue weighted by Crippen LogP contribution is -2.42. The fourth-order valence-electron chi connectivity index (χ4n) is 3.76. The van der Waals surface area contributed by atoms with Gasteiger partial charge in [-0.05, 0) is 48.2 Å². The minimum Gasteiger partial charge on any atom is -0.352 e. The second-order valence-corrected chi connectivity index (χ2v) is 7.62. The summed E-state index contributed by atoms with van der Waals surface area (Å²) in [6.07, 6.45) is 6.16. The molecule has 4 rings (SSSR count). The monoisotopic (exact) mass is 418 g/mol. The van der Waals surface area contributed by atoms with E-state index < -0.39 is 0 Å². The lowest BCUT2D eigenvalue weighted by Gasteiger charge is -2.31. The minimum absolute atomic E-state index is 0.0329. The lowest BCUT2D eigenvalue weighted by atomic mass is 9.95. The van der Waals surface area contributed by atoms with Crippen LogP contribution in [0.5, 0.6) is 0 Å². The van der Waals surface area contributed by atoms with E-state index in [0.717, 1.165) is 16.7 Å². The van der Waals surface area contributed by atoms with Crippen LogP contribution in [0.4, 0.5) is 4.39 Å². The maximum atomic E-state index is 13.3. The van der Waals surface area contributed by atoms with E-state index in [4.69, 9.17) is 0 Å². The van der Waals surface area contributed by atoms with E-state index in [2.05, 4.69) is 15.3 Å². The van der Waals surface area contributed by atoms with Crippen LogP contribution in [0.25, 0.3) is 11.1 Å². The van der Waals surface area contributed by atoms with Gasteiger partial charge in [-0.1, -0.05) is 24.3 Å². The summed E-state index contributed by atoms with van der Waals surface area (Å²) in [4.78, 5) is 35.1. The summed E-state index contributed by atoms with van der Waals surface area (Å²) in [6.45, 7) is 1.37. The van der Waals surface area contributed by atoms with Crippen molar-refractivity contribution in [1.82, 2.24) is 20.2 Å². The number of hydrogen-bond donors (Lipinski definition) is 1. The number of hydrogen-bond acceptors (Lipinski definition) is 4. The van der Waals surface area contributed by atoms with Crippen LogP contribution in [0.15, 0.2) is 67.3 Å². The first kappa shape index (κ1) is 20.7. The number of nitrogens with one attached hydrogen (secondary N) is 1. The van der Waals surface area contributed by atoms with E-state index in [9.17, 15) is 14.0 Å². The largest absolute Gasteiger partial charge is 0.352 e. The fourth-order valence-corrected chi connectivity index (χ4v) is 3.76. The molecule has 0 unspecified atom stereocenters. The van der Waals surface area contributed by atoms with E-state index in [1.54, 1.807) is 29.4 Å². The SMILES string of the molecule is O=C(NCc1cccc(F)c1)C1CCN(C(=O)c2ccc(-c3cncnc3)cc2)CC1. The molecular formula is C24H23FN4O2. The molecule has 31 heavy (non-hydrogen) atoms. The molecule has 0 saturated carbocycles. The van der Waals surface area contributed by atoms with Crippen molar-refractivity contribution in [3.05, 3.63) is 84.2 Å². The first-order valence-electron chi connectivity index (χ1n) is 10.3. The van der Waals surface area contributed by atoms with Crippen LogP contribution in [0.1, 0.15) is 28.8 Å². The number of aromatic nitrogens is 2. The molecule has 1 saturated heterocycles. The summed E-state index contributed by atoms with van der Waals surface area (Å²) >= 11 is 0. The number of carbonyl (C=O) groups excluding carboxylic acids is 2. The van der Waals surface area contributed by atoms with Gasteiger partial charge < -0.3 is 10.2 Å². The van der Waals surface area contributed by atoms with Crippen LogP contribution in [-0.4, -0.2) is 39.8 Å². The standard InChI is InChI=1S/C24H23FN4O2/c25-22-3-1-2-17(12-22)13-28-23(30)19-8-10-29(11-9-19)24(31)20-6-4-18(5-7-20)21-14-26-16-27-15-21/h1-7,12,14-16,19H,8-11,13H2,(H,28,30). The van der Waals surface area contributed by atoms with Crippen LogP contribution in [-0.2, 0) is 11.3 Å². The normalized spacial score (nSPS) is 14.3. The predicted octanol–water partition coefficient (Wildman–Crippen LogP) is 3.45. The Balaban J connectivity index is 1.29. The topological polar surface area (TPSA) is 75.2 Å². The highest BCUT2D eigenvalue weighted by molar-refractivity contribution is 5.95. The molecule has 0 radical (unpaired) electrons. The van der Waals surface area contributed by atoms with Gasteiger partial charge in [0, 0.05) is 49.1 Å². The van der Waals surface area contributed by atoms with Crippen molar-refractivity contribution in [1.29, 1.82) is 0 Å². The highest BCUT2D eigenvalue weighted by Crippen LogP contribution is 2.22. The summed E-state index contributed by atoms with van der Waals surface area (Å²) in [5.41, 5.74) is 3.19. The highest BCUT2D eigenvalue weighted by atomic mass is 19.1. The van der Waals surface area contributed by atoms with Gasteiger partial charge in [0.25, 0.3) is 5.91 Å². The molecule has 2 amide bonds. The molecule has 1 aliphatic rings. The Bertz CT molecular complexity index is 1050. The molecule has 0 bridgehead atoms. The van der Waals surface area contributed by atoms with Crippen LogP contribution in [0, 0.1) is 11.7 Å². The van der Waals surface area contributed by atoms with Crippen LogP contribution >= 0.6 is 0 Å². The average molecular weight is 418 g/mol. The third kappa shape index (κ3) is 5.12. The Hall–Kier alpha value is -3.61. The Kier molecular flexibility index (Phi) is 6.31. The zero-order valence-electron chi connectivity index (χ0n) is 17.0. The van der Waals surface area contributed by atoms with Gasteiger partial charge in [0.2, 0.25) is 5.91 Å². The van der Waals surface area contributed by atoms with Gasteiger partial charge in [0.1, 0.15) is 12.1 Å². The molecule has 2 aromatic carbocycles. The molecule has 0 spiro atoms. The third-order valence-corrected chi connectivity index (χ3v) is 5.53. The molecule has 1 aliphatic heterocycles. The van der Waals surface area contributed by atoms with E-state index in [1.807, 2.05) is 24.3 Å². The predicted molar refractivity (Wildman–Crippen MR) is 114 cm³/mol. The lowest BCUT2D eigenvalue weighted by molar-refractivity contribution is -0.126. The van der Waals surface area contributed by atoms with Crippen molar-refractivity contribution in [2.75, 3.05) is 13.1 Å². The molecule has 1 aromatic heterocycles. The molecule has 6 nitrogen and oxygen atoms in total. The molecule has 0 atom stereocenters. The molecule has 1 fully saturated rings. The van der Waals surface area contributed by atoms with Gasteiger partial charge in [-0.25, -0.2) is 14.4 Å². The number of piperidine rings is 1. The van der Waals surface area contributed by atoms with E-state index in [1.165, 1.54) is 18.5 Å². The summed E-state index contributed by atoms with van der Waals surface area (Å²) in [5.74, 6) is -0.540. The van der Waals surface area contributed by atoms with Crippen molar-refractivity contribution in [2.24, 2.45) is 5.92 Å². The molecular weight excluding hydrogens is 395 g/mol. The van der Waals surface area contributed by atoms with Gasteiger partial charge in [0.05, 0.1) is 0 Å². The summed E-state index contributed by atoms with van der Waals surface area (Å²) in [5, 5.41) is 2.87. The third-order valence-electron chi connectivity index (χ3n) is 5.53. The number of rotatable bonds is 5. The van der Waals surface area contributed by atoms with Crippen LogP contribution < -0.4 is 5.32 Å². The van der Waals surface area contributed by atoms with E-state index in [-0.39, 0.29) is 23.5 Å². The molecule has 2 heterocycles. The summed E-state index contributed by atoms with van der Waals surface area (Å²) in [7, 11) is 0. The first-order valence-corrected chi connectivity index (χ1v) is 10.3. The fraction of sp³-hybridized carbons (Fsp3) is 0.250. The van der Waals surface area contributed by atoms with Crippen molar-refractivity contribution in [2.45, 2.75) is 19.4 Å². The molecule has 0 aliphatic carbocycles. The Morgan fingerprint density at radius 1 is 1.00 bits per heavy atom. The average Bonchev–Trinajstić information content (AvgIpc) is 2.83. The Morgan fingerprint density at radius 2 is 1.71 bits per heavy atom. The molecule has 7 heteroatoms. The van der Waals surface area contributed by atoms with Gasteiger partial charge in [-0.2, -0.15) is 0 Å². The van der Waals surface area contributed by atoms with Crippen molar-refractivity contribution < 1.29 is 14.0 Å². The summed E-state index contributed by atoms with van der Waals surface area (Å²) in [6, 6.07) is 13.6. The highest BCUT2D eigenvalue weighted by Gasteiger charge is 2.27. The summed E-state index contributed by atoms with van der Waals surface area (Å²) < 4.78 is 13.3. The van der Waals surface area contributed by atoms with Crippen LogP contribution in [0.3, 0.4) is 0 Å². The molecule has 3 aromatic rings. The minimum atomic E-state index is -0.316. The smallest absolute Gasteiger partial charge is 0.253 e. The second kappa shape index (κ2) is 9.47. The second-order valence-electron chi connectivity index (χ2n) is 7.62. The number of amides is 2. The maximum absolute atomic E-state index is 13.3. The van der Waals surface area contributed by atoms with Gasteiger partial charge >= 0.3 is 0 Å². The van der Waals surface area contributed by atoms with E-state index >= 15 is 0 Å². The number of carbonyl (C=O) groups is 2. The number of nitrogens with zero attached hydrogens (tertiary/aromatic N) is 3. The first-order chi connectivity index (χ1) is 15.1. The van der Waals surface area contributed by atoms with E-state index in [0.29, 0.717) is 38.0 Å².